The summed E-state index contributed by atoms with van der Waals surface area (Å²) >= 11 is 19.5. The van der Waals surface area contributed by atoms with Crippen LogP contribution in [0.3, 0.4) is 0 Å². The minimum atomic E-state index is -1.31. The molecule has 6 fully saturated rings. The van der Waals surface area contributed by atoms with Crippen LogP contribution >= 0.6 is 34.8 Å². The Labute approximate surface area is 672 Å². The summed E-state index contributed by atoms with van der Waals surface area (Å²) in [5.41, 5.74) is 10.7. The quantitative estimate of drug-likeness (QED) is 0.0690. The highest BCUT2D eigenvalue weighted by molar-refractivity contribution is 7.84. The number of anilines is 8. The lowest BCUT2D eigenvalue weighted by atomic mass is 10.2. The summed E-state index contributed by atoms with van der Waals surface area (Å²) in [7, 11) is -1.31. The minimum Gasteiger partial charge on any atom is -0.444 e. The third-order valence-corrected chi connectivity index (χ3v) is 22.0. The molecular formula is C80H92Cl3N21O8S. The van der Waals surface area contributed by atoms with Crippen LogP contribution in [0.5, 0.6) is 0 Å². The Morgan fingerprint density at radius 1 is 0.496 bits per heavy atom. The largest absolute Gasteiger partial charge is 0.444 e. The number of nitrogen functional groups attached to an aromatic ring is 1. The van der Waals surface area contributed by atoms with Crippen LogP contribution in [-0.4, -0.2) is 166 Å². The first-order chi connectivity index (χ1) is 54.1. The number of aromatic nitrogens is 9. The van der Waals surface area contributed by atoms with Gasteiger partial charge in [-0.05, 0) is 153 Å². The number of halogens is 3. The summed E-state index contributed by atoms with van der Waals surface area (Å²) in [6.07, 6.45) is 17.6. The lowest BCUT2D eigenvalue weighted by Gasteiger charge is -2.37. The van der Waals surface area contributed by atoms with Gasteiger partial charge in [0.1, 0.15) is 63.0 Å². The van der Waals surface area contributed by atoms with Gasteiger partial charge in [0.25, 0.3) is 16.7 Å². The molecule has 9 heterocycles. The van der Waals surface area contributed by atoms with Crippen molar-refractivity contribution in [3.63, 3.8) is 0 Å². The molecule has 3 aliphatic heterocycles. The number of benzene rings is 3. The molecule has 3 saturated carbocycles. The smallest absolute Gasteiger partial charge is 0.410 e. The van der Waals surface area contributed by atoms with Crippen molar-refractivity contribution in [3.8, 4) is 18.2 Å². The van der Waals surface area contributed by atoms with E-state index in [0.29, 0.717) is 111 Å². The third kappa shape index (κ3) is 19.9. The number of ether oxygens (including phenoxy) is 2. The average molecular weight is 1610 g/mol. The maximum Gasteiger partial charge on any atom is 0.410 e. The van der Waals surface area contributed by atoms with E-state index in [2.05, 4.69) is 60.6 Å². The molecule has 2 amide bonds. The van der Waals surface area contributed by atoms with Gasteiger partial charge in [-0.25, -0.2) is 29.5 Å². The standard InChI is InChI=1S/C28H32ClN7O3.C23H24ClN7O.C15H22ClN3O2.C14H14N4O2S/c1-28(2,3)39-27(38)35-12-10-34(11-13-35)23-9-8-20(15-22(23)29)32-26-31-17-19-14-18(16-30)25(37)36(24(19)33-26)21-6-4-5-7-21;24-19-12-17(5-6-20(19)30-9-7-26-8-10-30)28-23-27-14-16-11-15(13-25)22(32)31(21(16)29-23)18-3-1-2-4-18;1-15(2,3)21-14(20)19-8-6-18(7-9-19)13-5-4-11(17)10-12(13)16;1-21(20)14-16-8-10-6-9(7-15)13(19)18(12(10)17-14)11-4-2-3-5-11/h8-9,14-15,17,21H,4-7,10-13H2,1-3H3,(H,31,32,33);5-6,11-12,14,18,26H,1-4,7-10H2,(H,27,28,29);4-5,10H,6-9,17H2,1-3H3;6,8,11H,2-5H2,1H3. The predicted octanol–water partition coefficient (Wildman–Crippen LogP) is 13.3. The van der Waals surface area contributed by atoms with Crippen molar-refractivity contribution in [2.24, 2.45) is 0 Å². The number of nitrogens with zero attached hydrogens (tertiary/aromatic N) is 17. The number of nitriles is 3. The Hall–Kier alpha value is -10.7. The zero-order valence-electron chi connectivity index (χ0n) is 64.4. The number of hydrogen-bond donors (Lipinski definition) is 4. The molecule has 0 bridgehead atoms. The second kappa shape index (κ2) is 36.0. The van der Waals surface area contributed by atoms with E-state index in [4.69, 9.17) is 55.3 Å². The van der Waals surface area contributed by atoms with E-state index < -0.39 is 22.0 Å². The number of nitrogens with one attached hydrogen (secondary N) is 3. The fraction of sp³-hybridized carbons (Fsp3) is 0.450. The summed E-state index contributed by atoms with van der Waals surface area (Å²) in [5, 5.41) is 41.8. The van der Waals surface area contributed by atoms with Crippen LogP contribution in [0.25, 0.3) is 33.1 Å². The van der Waals surface area contributed by atoms with Crippen molar-refractivity contribution in [2.45, 2.75) is 153 Å². The molecule has 6 aliphatic rings. The van der Waals surface area contributed by atoms with Gasteiger partial charge in [0, 0.05) is 155 Å². The van der Waals surface area contributed by atoms with Crippen molar-refractivity contribution in [1.29, 1.82) is 15.8 Å². The normalized spacial score (nSPS) is 16.6. The Morgan fingerprint density at radius 2 is 0.832 bits per heavy atom. The fourth-order valence-corrected chi connectivity index (χ4v) is 16.2. The molecule has 33 heteroatoms. The molecule has 15 rings (SSSR count). The first-order valence-electron chi connectivity index (χ1n) is 38.0. The second-order valence-electron chi connectivity index (χ2n) is 30.6. The third-order valence-electron chi connectivity index (χ3n) is 20.4. The van der Waals surface area contributed by atoms with Gasteiger partial charge >= 0.3 is 12.2 Å². The maximum absolute atomic E-state index is 13.0. The first kappa shape index (κ1) is 81.8. The number of pyridine rings is 3. The number of rotatable bonds is 11. The number of fused-ring (bicyclic) bond motifs is 3. The Kier molecular flexibility index (Phi) is 26.1. The van der Waals surface area contributed by atoms with Gasteiger partial charge < -0.3 is 55.7 Å². The van der Waals surface area contributed by atoms with Gasteiger partial charge in [-0.15, -0.1) is 0 Å². The molecule has 1 atom stereocenters. The SMILES string of the molecule is CC(C)(C)OC(=O)N1CCN(c2ccc(N)cc2Cl)CC1.CC(C)(C)OC(=O)N1CCN(c2ccc(Nc3ncc4cc(C#N)c(=O)n(C5CCCC5)c4n3)cc2Cl)CC1.CS(=O)c1ncc2cc(C#N)c(=O)n(C3CCCC3)c2n1.N#Cc1cc2cnc(Nc3ccc(N4CCNCC4)c(Cl)c3)nc2n(C2CCCC2)c1=O. The van der Waals surface area contributed by atoms with Crippen molar-refractivity contribution in [2.75, 3.05) is 116 Å². The Balaban J connectivity index is 0.000000144. The summed E-state index contributed by atoms with van der Waals surface area (Å²) in [4.78, 5) is 99.4. The van der Waals surface area contributed by atoms with E-state index >= 15 is 0 Å². The van der Waals surface area contributed by atoms with E-state index in [1.54, 1.807) is 54.1 Å². The van der Waals surface area contributed by atoms with Crippen LogP contribution < -0.4 is 53.1 Å². The van der Waals surface area contributed by atoms with Crippen LogP contribution in [0.15, 0.2) is 111 Å². The van der Waals surface area contributed by atoms with E-state index in [0.717, 1.165) is 139 Å². The highest BCUT2D eigenvalue weighted by Crippen LogP contribution is 2.37. The number of piperazine rings is 3. The zero-order valence-corrected chi connectivity index (χ0v) is 67.4. The number of amides is 2. The van der Waals surface area contributed by atoms with Gasteiger partial charge in [-0.3, -0.25) is 32.3 Å². The molecule has 9 aromatic rings. The predicted molar refractivity (Wildman–Crippen MR) is 441 cm³/mol. The zero-order chi connectivity index (χ0) is 80.4. The first-order valence-corrected chi connectivity index (χ1v) is 40.7. The van der Waals surface area contributed by atoms with E-state index in [9.17, 15) is 38.7 Å². The van der Waals surface area contributed by atoms with E-state index in [1.165, 1.54) is 18.5 Å². The Bertz CT molecular complexity index is 5380. The summed E-state index contributed by atoms with van der Waals surface area (Å²) in [6, 6.07) is 27.7. The molecule has 3 saturated heterocycles. The lowest BCUT2D eigenvalue weighted by Crippen LogP contribution is -2.50. The van der Waals surface area contributed by atoms with E-state index in [1.807, 2.05) is 108 Å². The summed E-state index contributed by atoms with van der Waals surface area (Å²) in [5.74, 6) is 0.729. The average Bonchev–Trinajstić information content (AvgIpc) is 1.62. The highest BCUT2D eigenvalue weighted by atomic mass is 35.5. The monoisotopic (exact) mass is 1610 g/mol. The maximum atomic E-state index is 13.0. The molecule has 592 valence electrons. The van der Waals surface area contributed by atoms with Gasteiger partial charge in [0.05, 0.1) is 42.9 Å². The van der Waals surface area contributed by atoms with Gasteiger partial charge in [-0.1, -0.05) is 73.3 Å². The van der Waals surface area contributed by atoms with Gasteiger partial charge in [-0.2, -0.15) is 25.8 Å². The van der Waals surface area contributed by atoms with Crippen molar-refractivity contribution in [3.05, 3.63) is 154 Å². The fourth-order valence-electron chi connectivity index (χ4n) is 14.9. The number of carbonyl (C=O) groups is 2. The van der Waals surface area contributed by atoms with Crippen molar-refractivity contribution in [1.82, 2.24) is 58.7 Å². The molecule has 0 spiro atoms. The molecular weight excluding hydrogens is 1520 g/mol. The number of hydrogen-bond acceptors (Lipinski definition) is 24. The lowest BCUT2D eigenvalue weighted by molar-refractivity contribution is 0.0230. The number of carbonyl (C=O) groups excluding carboxylic acids is 2. The van der Waals surface area contributed by atoms with Crippen LogP contribution in [-0.2, 0) is 20.3 Å². The summed E-state index contributed by atoms with van der Waals surface area (Å²) < 4.78 is 27.4. The second-order valence-corrected chi connectivity index (χ2v) is 33.1. The van der Waals surface area contributed by atoms with E-state index in [-0.39, 0.29) is 68.8 Å². The molecule has 5 N–H and O–H groups in total. The molecule has 29 nitrogen and oxygen atoms in total. The highest BCUT2D eigenvalue weighted by Gasteiger charge is 2.31. The molecule has 0 radical (unpaired) electrons. The van der Waals surface area contributed by atoms with Gasteiger partial charge in [0.15, 0.2) is 0 Å². The topological polar surface area (TPSA) is 363 Å². The minimum absolute atomic E-state index is 0.0283. The van der Waals surface area contributed by atoms with Crippen molar-refractivity contribution < 1.29 is 23.3 Å². The van der Waals surface area contributed by atoms with Crippen LogP contribution in [0.4, 0.5) is 55.6 Å². The molecule has 1 unspecified atom stereocenters. The van der Waals surface area contributed by atoms with Crippen LogP contribution in [0.1, 0.15) is 153 Å². The molecule has 6 aromatic heterocycles. The Morgan fingerprint density at radius 3 is 1.17 bits per heavy atom. The van der Waals surface area contributed by atoms with Crippen molar-refractivity contribution >= 4 is 137 Å². The number of nitrogens with two attached hydrogens (primary N) is 1. The molecule has 3 aliphatic carbocycles. The van der Waals surface area contributed by atoms with Crippen LogP contribution in [0, 0.1) is 34.0 Å². The molecule has 113 heavy (non-hydrogen) atoms. The summed E-state index contributed by atoms with van der Waals surface area (Å²) in [6.45, 7) is 20.0. The molecule has 3 aromatic carbocycles. The van der Waals surface area contributed by atoms with Gasteiger partial charge in [0.2, 0.25) is 17.1 Å². The van der Waals surface area contributed by atoms with Crippen LogP contribution in [0.2, 0.25) is 15.1 Å².